The van der Waals surface area contributed by atoms with Crippen LogP contribution in [-0.4, -0.2) is 36.4 Å². The Morgan fingerprint density at radius 3 is 2.54 bits per heavy atom. The van der Waals surface area contributed by atoms with Gasteiger partial charge in [-0.3, -0.25) is 19.6 Å². The summed E-state index contributed by atoms with van der Waals surface area (Å²) in [5.41, 5.74) is 2.15. The Labute approximate surface area is 208 Å². The summed E-state index contributed by atoms with van der Waals surface area (Å²) >= 11 is 0. The highest BCUT2D eigenvalue weighted by Gasteiger charge is 2.24. The van der Waals surface area contributed by atoms with Gasteiger partial charge in [0.2, 0.25) is 0 Å². The second-order valence-corrected chi connectivity index (χ2v) is 8.07. The minimum atomic E-state index is -2.75. The third kappa shape index (κ3) is 4.07. The summed E-state index contributed by atoms with van der Waals surface area (Å²) in [7, 11) is 0. The van der Waals surface area contributed by atoms with Crippen molar-refractivity contribution in [1.29, 1.82) is 0 Å². The number of imidazole rings is 1. The average molecular weight is 505 g/mol. The van der Waals surface area contributed by atoms with E-state index in [0.29, 0.717) is 39.4 Å². The molecule has 0 fully saturated rings. The van der Waals surface area contributed by atoms with E-state index in [1.54, 1.807) is 42.7 Å². The van der Waals surface area contributed by atoms with Gasteiger partial charge in [0, 0.05) is 11.8 Å². The Morgan fingerprint density at radius 1 is 1.08 bits per heavy atom. The van der Waals surface area contributed by atoms with E-state index in [4.69, 9.17) is 4.98 Å². The maximum absolute atomic E-state index is 15.1. The van der Waals surface area contributed by atoms with Crippen molar-refractivity contribution in [3.63, 3.8) is 0 Å². The minimum absolute atomic E-state index is 0.0876. The van der Waals surface area contributed by atoms with Crippen LogP contribution in [0.15, 0.2) is 60.0 Å². The fourth-order valence-electron chi connectivity index (χ4n) is 4.35. The lowest BCUT2D eigenvalue weighted by Gasteiger charge is -2.16. The summed E-state index contributed by atoms with van der Waals surface area (Å²) in [5, 5.41) is 6.72. The first-order chi connectivity index (χ1) is 17.8. The number of aryl methyl sites for hydroxylation is 1. The monoisotopic (exact) mass is 505 g/mol. The Bertz CT molecular complexity index is 1670. The number of H-pyrrole nitrogens is 1. The second kappa shape index (κ2) is 9.41. The van der Waals surface area contributed by atoms with E-state index in [9.17, 15) is 13.2 Å². The third-order valence-electron chi connectivity index (χ3n) is 5.94. The number of aliphatic imine (C=N–C) groups is 1. The van der Waals surface area contributed by atoms with E-state index in [-0.39, 0.29) is 22.6 Å². The maximum Gasteiger partial charge on any atom is 0.280 e. The Kier molecular flexibility index (Phi) is 6.12. The number of alkyl halides is 2. The minimum Gasteiger partial charge on any atom is -0.296 e. The lowest BCUT2D eigenvalue weighted by molar-refractivity contribution is 0.146. The number of fused-ring (bicyclic) bond motifs is 1. The highest BCUT2D eigenvalue weighted by molar-refractivity contribution is 5.97. The van der Waals surface area contributed by atoms with Crippen LogP contribution >= 0.6 is 0 Å². The first-order valence-corrected chi connectivity index (χ1v) is 11.1. The number of halogens is 4. The molecular weight excluding hydrogens is 486 g/mol. The number of hydrogen-bond donors (Lipinski definition) is 1. The van der Waals surface area contributed by atoms with Crippen molar-refractivity contribution >= 4 is 29.1 Å². The molecule has 7 nitrogen and oxygen atoms in total. The van der Waals surface area contributed by atoms with Gasteiger partial charge >= 0.3 is 0 Å². The lowest BCUT2D eigenvalue weighted by Crippen LogP contribution is -2.05. The first-order valence-electron chi connectivity index (χ1n) is 11.1. The molecule has 0 unspecified atom stereocenters. The van der Waals surface area contributed by atoms with Gasteiger partial charge in [-0.15, -0.1) is 0 Å². The van der Waals surface area contributed by atoms with Crippen LogP contribution in [0.4, 0.5) is 23.2 Å². The van der Waals surface area contributed by atoms with Crippen molar-refractivity contribution in [2.45, 2.75) is 20.3 Å². The van der Waals surface area contributed by atoms with Gasteiger partial charge in [0.25, 0.3) is 6.43 Å². The summed E-state index contributed by atoms with van der Waals surface area (Å²) in [4.78, 5) is 16.4. The molecule has 1 N–H and O–H groups in total. The Balaban J connectivity index is 1.84. The normalized spacial score (nSPS) is 12.0. The van der Waals surface area contributed by atoms with Crippen molar-refractivity contribution in [3.05, 3.63) is 83.7 Å². The van der Waals surface area contributed by atoms with Gasteiger partial charge in [-0.1, -0.05) is 6.08 Å². The molecule has 0 saturated heterocycles. The van der Waals surface area contributed by atoms with Gasteiger partial charge < -0.3 is 0 Å². The predicted octanol–water partition coefficient (Wildman–Crippen LogP) is 6.65. The number of hydrogen-bond acceptors (Lipinski definition) is 5. The number of pyridine rings is 1. The molecule has 5 aromatic rings. The molecule has 3 aromatic heterocycles. The fraction of sp³-hybridized carbons (Fsp3) is 0.115. The number of aromatic nitrogens is 6. The lowest BCUT2D eigenvalue weighted by atomic mass is 10.0. The summed E-state index contributed by atoms with van der Waals surface area (Å²) in [6.45, 7) is 6.80. The molecule has 0 aliphatic heterocycles. The van der Waals surface area contributed by atoms with Crippen LogP contribution in [0.1, 0.15) is 30.4 Å². The van der Waals surface area contributed by atoms with Crippen molar-refractivity contribution in [1.82, 2.24) is 29.7 Å². The molecule has 3 heterocycles. The number of nitrogens with zero attached hydrogens (tertiary/aromatic N) is 6. The molecule has 0 spiro atoms. The molecular formula is C26H19F4N7. The molecule has 0 aliphatic carbocycles. The SMILES string of the molecule is C=Nc1c(F)ccc(F)c1/C(=C\C)n1c(C)nc2c(-c3ncn[nH]3)cc(-c3ccnc(C(F)F)c3)cc21. The zero-order chi connectivity index (χ0) is 26.3. The summed E-state index contributed by atoms with van der Waals surface area (Å²) in [6, 6.07) is 8.39. The highest BCUT2D eigenvalue weighted by Crippen LogP contribution is 2.39. The molecule has 37 heavy (non-hydrogen) atoms. The molecule has 0 atom stereocenters. The highest BCUT2D eigenvalue weighted by atomic mass is 19.3. The van der Waals surface area contributed by atoms with Gasteiger partial charge in [0.15, 0.2) is 5.82 Å². The molecule has 2 aromatic carbocycles. The molecule has 11 heteroatoms. The van der Waals surface area contributed by atoms with Gasteiger partial charge in [-0.25, -0.2) is 27.5 Å². The molecule has 0 amide bonds. The third-order valence-corrected chi connectivity index (χ3v) is 5.94. The molecule has 186 valence electrons. The van der Waals surface area contributed by atoms with Crippen LogP contribution in [0.3, 0.4) is 0 Å². The van der Waals surface area contributed by atoms with E-state index < -0.39 is 18.1 Å². The molecule has 0 bridgehead atoms. The van der Waals surface area contributed by atoms with E-state index in [1.807, 2.05) is 0 Å². The van der Waals surface area contributed by atoms with Gasteiger partial charge in [0.1, 0.15) is 40.7 Å². The zero-order valence-corrected chi connectivity index (χ0v) is 19.7. The van der Waals surface area contributed by atoms with Crippen LogP contribution in [0.2, 0.25) is 0 Å². The second-order valence-electron chi connectivity index (χ2n) is 8.07. The molecule has 0 radical (unpaired) electrons. The van der Waals surface area contributed by atoms with Crippen LogP contribution in [-0.2, 0) is 0 Å². The van der Waals surface area contributed by atoms with E-state index in [0.717, 1.165) is 12.1 Å². The Morgan fingerprint density at radius 2 is 1.86 bits per heavy atom. The smallest absolute Gasteiger partial charge is 0.280 e. The van der Waals surface area contributed by atoms with Gasteiger partial charge in [0.05, 0.1) is 16.8 Å². The van der Waals surface area contributed by atoms with Crippen LogP contribution < -0.4 is 0 Å². The van der Waals surface area contributed by atoms with Crippen molar-refractivity contribution in [3.8, 4) is 22.5 Å². The molecule has 5 rings (SSSR count). The van der Waals surface area contributed by atoms with E-state index in [1.165, 1.54) is 18.6 Å². The summed E-state index contributed by atoms with van der Waals surface area (Å²) < 4.78 is 58.1. The number of benzene rings is 2. The van der Waals surface area contributed by atoms with Crippen molar-refractivity contribution in [2.24, 2.45) is 4.99 Å². The topological polar surface area (TPSA) is 84.6 Å². The van der Waals surface area contributed by atoms with Crippen LogP contribution in [0, 0.1) is 18.6 Å². The zero-order valence-electron chi connectivity index (χ0n) is 19.7. The Hall–Kier alpha value is -4.67. The van der Waals surface area contributed by atoms with Crippen LogP contribution in [0.25, 0.3) is 39.2 Å². The summed E-state index contributed by atoms with van der Waals surface area (Å²) in [5.74, 6) is -0.567. The quantitative estimate of drug-likeness (QED) is 0.207. The number of rotatable bonds is 6. The first kappa shape index (κ1) is 24.0. The van der Waals surface area contributed by atoms with E-state index in [2.05, 4.69) is 31.9 Å². The largest absolute Gasteiger partial charge is 0.296 e. The van der Waals surface area contributed by atoms with Crippen molar-refractivity contribution in [2.75, 3.05) is 0 Å². The predicted molar refractivity (Wildman–Crippen MR) is 133 cm³/mol. The van der Waals surface area contributed by atoms with Crippen LogP contribution in [0.5, 0.6) is 0 Å². The standard InChI is InChI=1S/C26H19F4N7/c1-4-20(22-17(27)5-6-18(28)24(22)31-3)37-13(2)35-23-16(26-33-12-34-36-26)9-15(11-21(23)37)14-7-8-32-19(10-14)25(29)30/h4-12,25H,3H2,1-2H3,(H,33,34,36)/b20-4+. The van der Waals surface area contributed by atoms with Gasteiger partial charge in [-0.2, -0.15) is 5.10 Å². The fourth-order valence-corrected chi connectivity index (χ4v) is 4.35. The molecule has 0 saturated carbocycles. The van der Waals surface area contributed by atoms with E-state index >= 15 is 4.39 Å². The average Bonchev–Trinajstić information content (AvgIpc) is 3.54. The maximum atomic E-state index is 15.1. The number of allylic oxidation sites excluding steroid dienone is 1. The summed E-state index contributed by atoms with van der Waals surface area (Å²) in [6.07, 6.45) is 1.50. The molecule has 0 aliphatic rings. The number of aromatic amines is 1. The van der Waals surface area contributed by atoms with Crippen molar-refractivity contribution < 1.29 is 17.6 Å². The number of nitrogens with one attached hydrogen (secondary N) is 1. The van der Waals surface area contributed by atoms with Gasteiger partial charge in [-0.05, 0) is 68.1 Å².